The molecule has 0 saturated carbocycles. The van der Waals surface area contributed by atoms with E-state index in [0.717, 1.165) is 16.7 Å². The van der Waals surface area contributed by atoms with Crippen LogP contribution in [0.4, 0.5) is 0 Å². The Morgan fingerprint density at radius 3 is 2.90 bits per heavy atom. The highest BCUT2D eigenvalue weighted by Crippen LogP contribution is 2.19. The molecule has 2 rings (SSSR count). The number of nitrogens with zero attached hydrogens (tertiary/aromatic N) is 2. The number of oxazole rings is 1. The summed E-state index contributed by atoms with van der Waals surface area (Å²) in [4.78, 5) is 16.3. The van der Waals surface area contributed by atoms with E-state index in [9.17, 15) is 4.79 Å². The number of nitrogens with one attached hydrogen (secondary N) is 1. The highest BCUT2D eigenvalue weighted by Gasteiger charge is 2.15. The standard InChI is InChI=1S/C14H18BrN3O2/c1-4-11-6-16-13(20-11)7-17-14(19)12-5-10(15)8-18(12)9(2)3/h5-6,8-9H,4,7H2,1-3H3,(H,17,19). The van der Waals surface area contributed by atoms with Crippen molar-refractivity contribution >= 4 is 21.8 Å². The van der Waals surface area contributed by atoms with Crippen molar-refractivity contribution in [3.05, 3.63) is 40.3 Å². The maximum atomic E-state index is 12.2. The number of aryl methyl sites for hydroxylation is 1. The number of hydrogen-bond acceptors (Lipinski definition) is 3. The number of rotatable bonds is 5. The molecule has 0 aliphatic rings. The first-order valence-corrected chi connectivity index (χ1v) is 7.39. The molecule has 2 aromatic heterocycles. The van der Waals surface area contributed by atoms with Crippen LogP contribution in [0, 0.1) is 0 Å². The zero-order valence-electron chi connectivity index (χ0n) is 11.8. The van der Waals surface area contributed by atoms with E-state index in [1.807, 2.05) is 37.6 Å². The molecule has 0 aliphatic carbocycles. The quantitative estimate of drug-likeness (QED) is 0.908. The minimum atomic E-state index is -0.138. The molecule has 1 amide bonds. The van der Waals surface area contributed by atoms with Gasteiger partial charge in [-0.1, -0.05) is 6.92 Å². The SMILES string of the molecule is CCc1cnc(CNC(=O)c2cc(Br)cn2C(C)C)o1. The first-order valence-electron chi connectivity index (χ1n) is 6.60. The predicted molar refractivity (Wildman–Crippen MR) is 79.6 cm³/mol. The van der Waals surface area contributed by atoms with E-state index in [4.69, 9.17) is 4.42 Å². The molecule has 20 heavy (non-hydrogen) atoms. The van der Waals surface area contributed by atoms with Crippen molar-refractivity contribution in [3.8, 4) is 0 Å². The van der Waals surface area contributed by atoms with Crippen LogP contribution in [0.15, 0.2) is 27.3 Å². The fourth-order valence-electron chi connectivity index (χ4n) is 1.89. The number of amides is 1. The number of halogens is 1. The molecule has 0 saturated heterocycles. The predicted octanol–water partition coefficient (Wildman–Crippen LogP) is 3.31. The molecule has 2 heterocycles. The van der Waals surface area contributed by atoms with Gasteiger partial charge in [-0.25, -0.2) is 4.98 Å². The van der Waals surface area contributed by atoms with E-state index in [0.29, 0.717) is 18.1 Å². The fraction of sp³-hybridized carbons (Fsp3) is 0.429. The lowest BCUT2D eigenvalue weighted by Crippen LogP contribution is -2.26. The van der Waals surface area contributed by atoms with Crippen molar-refractivity contribution in [1.82, 2.24) is 14.9 Å². The highest BCUT2D eigenvalue weighted by molar-refractivity contribution is 9.10. The summed E-state index contributed by atoms with van der Waals surface area (Å²) in [5.41, 5.74) is 0.620. The van der Waals surface area contributed by atoms with Crippen molar-refractivity contribution < 1.29 is 9.21 Å². The summed E-state index contributed by atoms with van der Waals surface area (Å²) >= 11 is 3.40. The van der Waals surface area contributed by atoms with Gasteiger partial charge in [0.25, 0.3) is 5.91 Å². The van der Waals surface area contributed by atoms with Gasteiger partial charge in [-0.3, -0.25) is 4.79 Å². The number of hydrogen-bond donors (Lipinski definition) is 1. The Bertz CT molecular complexity index is 601. The maximum absolute atomic E-state index is 12.2. The van der Waals surface area contributed by atoms with Gasteiger partial charge in [0.05, 0.1) is 12.7 Å². The molecule has 0 bridgehead atoms. The van der Waals surface area contributed by atoms with Gasteiger partial charge in [-0.2, -0.15) is 0 Å². The molecule has 0 radical (unpaired) electrons. The van der Waals surface area contributed by atoms with E-state index in [1.165, 1.54) is 0 Å². The monoisotopic (exact) mass is 339 g/mol. The van der Waals surface area contributed by atoms with Crippen molar-refractivity contribution in [3.63, 3.8) is 0 Å². The summed E-state index contributed by atoms with van der Waals surface area (Å²) in [6.45, 7) is 6.35. The Morgan fingerprint density at radius 1 is 1.55 bits per heavy atom. The van der Waals surface area contributed by atoms with Crippen molar-refractivity contribution in [2.24, 2.45) is 0 Å². The van der Waals surface area contributed by atoms with Gasteiger partial charge in [0, 0.05) is 23.1 Å². The Labute approximate surface area is 126 Å². The summed E-state index contributed by atoms with van der Waals surface area (Å²) in [7, 11) is 0. The smallest absolute Gasteiger partial charge is 0.268 e. The Morgan fingerprint density at radius 2 is 2.30 bits per heavy atom. The summed E-state index contributed by atoms with van der Waals surface area (Å²) < 4.78 is 8.27. The molecule has 0 atom stereocenters. The summed E-state index contributed by atoms with van der Waals surface area (Å²) in [5.74, 6) is 1.21. The Kier molecular flexibility index (Phi) is 4.65. The lowest BCUT2D eigenvalue weighted by Gasteiger charge is -2.12. The van der Waals surface area contributed by atoms with Gasteiger partial charge in [0.15, 0.2) is 0 Å². The molecular formula is C14H18BrN3O2. The molecule has 6 heteroatoms. The van der Waals surface area contributed by atoms with Gasteiger partial charge >= 0.3 is 0 Å². The van der Waals surface area contributed by atoms with Crippen LogP contribution in [0.25, 0.3) is 0 Å². The molecule has 0 unspecified atom stereocenters. The zero-order chi connectivity index (χ0) is 14.7. The zero-order valence-corrected chi connectivity index (χ0v) is 13.4. The third kappa shape index (κ3) is 3.30. The number of carbonyl (C=O) groups is 1. The van der Waals surface area contributed by atoms with Crippen LogP contribution in [-0.2, 0) is 13.0 Å². The largest absolute Gasteiger partial charge is 0.444 e. The van der Waals surface area contributed by atoms with Crippen LogP contribution in [0.5, 0.6) is 0 Å². The molecule has 0 aliphatic heterocycles. The normalized spacial score (nSPS) is 11.1. The number of carbonyl (C=O) groups excluding carboxylic acids is 1. The van der Waals surface area contributed by atoms with Crippen molar-refractivity contribution in [2.45, 2.75) is 39.8 Å². The molecule has 0 aromatic carbocycles. The van der Waals surface area contributed by atoms with E-state index in [2.05, 4.69) is 26.2 Å². The Balaban J connectivity index is 2.05. The van der Waals surface area contributed by atoms with Crippen LogP contribution in [-0.4, -0.2) is 15.5 Å². The Hall–Kier alpha value is -1.56. The van der Waals surface area contributed by atoms with E-state index in [1.54, 1.807) is 6.20 Å². The molecule has 5 nitrogen and oxygen atoms in total. The van der Waals surface area contributed by atoms with Gasteiger partial charge < -0.3 is 14.3 Å². The lowest BCUT2D eigenvalue weighted by atomic mass is 10.3. The fourth-order valence-corrected chi connectivity index (χ4v) is 2.33. The second kappa shape index (κ2) is 6.26. The molecule has 1 N–H and O–H groups in total. The third-order valence-electron chi connectivity index (χ3n) is 2.95. The molecular weight excluding hydrogens is 322 g/mol. The lowest BCUT2D eigenvalue weighted by molar-refractivity contribution is 0.0936. The summed E-state index contributed by atoms with van der Waals surface area (Å²) in [5, 5.41) is 2.82. The van der Waals surface area contributed by atoms with Gasteiger partial charge in [-0.15, -0.1) is 0 Å². The van der Waals surface area contributed by atoms with Crippen molar-refractivity contribution in [2.75, 3.05) is 0 Å². The molecule has 0 spiro atoms. The second-order valence-corrected chi connectivity index (χ2v) is 5.72. The van der Waals surface area contributed by atoms with Crippen molar-refractivity contribution in [1.29, 1.82) is 0 Å². The number of aromatic nitrogens is 2. The van der Waals surface area contributed by atoms with E-state index >= 15 is 0 Å². The first-order chi connectivity index (χ1) is 9.51. The molecule has 2 aromatic rings. The van der Waals surface area contributed by atoms with Gasteiger partial charge in [0.1, 0.15) is 11.5 Å². The van der Waals surface area contributed by atoms with E-state index < -0.39 is 0 Å². The van der Waals surface area contributed by atoms with Gasteiger partial charge in [0.2, 0.25) is 5.89 Å². The minimum absolute atomic E-state index is 0.138. The second-order valence-electron chi connectivity index (χ2n) is 4.80. The summed E-state index contributed by atoms with van der Waals surface area (Å²) in [6.07, 6.45) is 4.39. The minimum Gasteiger partial charge on any atom is -0.444 e. The van der Waals surface area contributed by atoms with Crippen LogP contribution in [0.3, 0.4) is 0 Å². The van der Waals surface area contributed by atoms with Gasteiger partial charge in [-0.05, 0) is 35.8 Å². The topological polar surface area (TPSA) is 60.1 Å². The molecule has 0 fully saturated rings. The summed E-state index contributed by atoms with van der Waals surface area (Å²) in [6, 6.07) is 2.03. The average Bonchev–Trinajstić information content (AvgIpc) is 3.02. The van der Waals surface area contributed by atoms with Crippen LogP contribution in [0.1, 0.15) is 49.0 Å². The van der Waals surface area contributed by atoms with Crippen LogP contribution < -0.4 is 5.32 Å². The molecule has 108 valence electrons. The average molecular weight is 340 g/mol. The maximum Gasteiger partial charge on any atom is 0.268 e. The first kappa shape index (κ1) is 14.8. The van der Waals surface area contributed by atoms with Crippen LogP contribution >= 0.6 is 15.9 Å². The highest BCUT2D eigenvalue weighted by atomic mass is 79.9. The van der Waals surface area contributed by atoms with E-state index in [-0.39, 0.29) is 11.9 Å². The van der Waals surface area contributed by atoms with Crippen LogP contribution in [0.2, 0.25) is 0 Å². The third-order valence-corrected chi connectivity index (χ3v) is 3.39.